The van der Waals surface area contributed by atoms with Gasteiger partial charge in [0.15, 0.2) is 0 Å². The Hall–Kier alpha value is -2.13. The Bertz CT molecular complexity index is 891. The molecule has 1 aliphatic heterocycles. The third kappa shape index (κ3) is 8.09. The summed E-state index contributed by atoms with van der Waals surface area (Å²) in [6.45, 7) is 12.7. The minimum Gasteiger partial charge on any atom is -0.444 e. The van der Waals surface area contributed by atoms with Crippen LogP contribution in [0.15, 0.2) is 29.2 Å². The molecule has 0 unspecified atom stereocenters. The Morgan fingerprint density at radius 2 is 1.59 bits per heavy atom. The molecule has 0 spiro atoms. The Morgan fingerprint density at radius 3 is 2.09 bits per heavy atom. The van der Waals surface area contributed by atoms with Gasteiger partial charge in [-0.1, -0.05) is 32.9 Å². The maximum Gasteiger partial charge on any atom is 0.410 e. The average molecular weight is 468 g/mol. The summed E-state index contributed by atoms with van der Waals surface area (Å²) in [5.74, 6) is -0.216. The molecule has 9 heteroatoms. The smallest absolute Gasteiger partial charge is 0.410 e. The van der Waals surface area contributed by atoms with E-state index in [-0.39, 0.29) is 41.3 Å². The Labute approximate surface area is 192 Å². The van der Waals surface area contributed by atoms with Gasteiger partial charge in [-0.2, -0.15) is 0 Å². The number of nitrogens with zero attached hydrogens (tertiary/aromatic N) is 1. The van der Waals surface area contributed by atoms with Crippen LogP contribution in [0, 0.1) is 0 Å². The van der Waals surface area contributed by atoms with Gasteiger partial charge in [0.1, 0.15) is 5.60 Å². The van der Waals surface area contributed by atoms with Crippen LogP contribution < -0.4 is 10.0 Å². The molecule has 1 aliphatic rings. The van der Waals surface area contributed by atoms with Gasteiger partial charge >= 0.3 is 6.09 Å². The van der Waals surface area contributed by atoms with E-state index >= 15 is 0 Å². The van der Waals surface area contributed by atoms with Crippen LogP contribution in [0.5, 0.6) is 0 Å². The number of carbonyl (C=O) groups is 2. The molecule has 2 N–H and O–H groups in total. The van der Waals surface area contributed by atoms with Crippen molar-refractivity contribution in [1.29, 1.82) is 0 Å². The molecule has 0 aliphatic carbocycles. The zero-order valence-corrected chi connectivity index (χ0v) is 20.8. The summed E-state index contributed by atoms with van der Waals surface area (Å²) in [7, 11) is -3.67. The lowest BCUT2D eigenvalue weighted by Gasteiger charge is -2.33. The fourth-order valence-corrected chi connectivity index (χ4v) is 4.38. The number of hydrogen-bond acceptors (Lipinski definition) is 5. The number of sulfonamides is 1. The highest BCUT2D eigenvalue weighted by molar-refractivity contribution is 7.89. The van der Waals surface area contributed by atoms with E-state index in [2.05, 4.69) is 30.8 Å². The second-order valence-corrected chi connectivity index (χ2v) is 12.0. The standard InChI is InChI=1S/C23H37N3O5S/c1-22(2,3)17-7-9-19(10-8-17)32(29,30)24-14-11-20(27)25-18-12-15-26(16-13-18)21(28)31-23(4,5)6/h7-10,18,24H,11-16H2,1-6H3,(H,25,27). The molecule has 180 valence electrons. The third-order valence-corrected chi connectivity index (χ3v) is 6.66. The Kier molecular flexibility index (Phi) is 8.33. The van der Waals surface area contributed by atoms with Gasteiger partial charge < -0.3 is 15.0 Å². The summed E-state index contributed by atoms with van der Waals surface area (Å²) in [5, 5.41) is 2.92. The topological polar surface area (TPSA) is 105 Å². The number of carbonyl (C=O) groups excluding carboxylic acids is 2. The number of nitrogens with one attached hydrogen (secondary N) is 2. The summed E-state index contributed by atoms with van der Waals surface area (Å²) < 4.78 is 32.8. The molecular formula is C23H37N3O5S. The van der Waals surface area contributed by atoms with Crippen molar-refractivity contribution in [2.75, 3.05) is 19.6 Å². The molecule has 2 amide bonds. The van der Waals surface area contributed by atoms with Crippen molar-refractivity contribution in [3.63, 3.8) is 0 Å². The minimum absolute atomic E-state index is 0.0198. The fourth-order valence-electron chi connectivity index (χ4n) is 3.35. The fraction of sp³-hybridized carbons (Fsp3) is 0.652. The summed E-state index contributed by atoms with van der Waals surface area (Å²) in [4.78, 5) is 26.2. The van der Waals surface area contributed by atoms with Gasteiger partial charge in [0, 0.05) is 32.1 Å². The Balaban J connectivity index is 1.75. The van der Waals surface area contributed by atoms with Crippen LogP contribution in [0.3, 0.4) is 0 Å². The van der Waals surface area contributed by atoms with Crippen molar-refractivity contribution in [3.8, 4) is 0 Å². The molecule has 1 heterocycles. The molecule has 1 aromatic carbocycles. The maximum atomic E-state index is 12.5. The van der Waals surface area contributed by atoms with E-state index in [4.69, 9.17) is 4.74 Å². The summed E-state index contributed by atoms with van der Waals surface area (Å²) in [6.07, 6.45) is 0.978. The highest BCUT2D eigenvalue weighted by Gasteiger charge is 2.27. The first-order valence-electron chi connectivity index (χ1n) is 11.0. The minimum atomic E-state index is -3.67. The lowest BCUT2D eigenvalue weighted by Crippen LogP contribution is -2.48. The van der Waals surface area contributed by atoms with Gasteiger partial charge in [0.2, 0.25) is 15.9 Å². The number of likely N-dealkylation sites (tertiary alicyclic amines) is 1. The molecule has 1 saturated heterocycles. The van der Waals surface area contributed by atoms with E-state index in [1.165, 1.54) is 0 Å². The predicted molar refractivity (Wildman–Crippen MR) is 124 cm³/mol. The molecule has 0 atom stereocenters. The van der Waals surface area contributed by atoms with E-state index in [1.54, 1.807) is 17.0 Å². The first-order chi connectivity index (χ1) is 14.7. The molecule has 8 nitrogen and oxygen atoms in total. The number of hydrogen-bond donors (Lipinski definition) is 2. The second-order valence-electron chi connectivity index (χ2n) is 10.2. The van der Waals surface area contributed by atoms with Crippen LogP contribution in [0.4, 0.5) is 4.79 Å². The van der Waals surface area contributed by atoms with E-state index < -0.39 is 15.6 Å². The number of piperidine rings is 1. The van der Waals surface area contributed by atoms with Gasteiger partial charge in [-0.25, -0.2) is 17.9 Å². The normalized spacial score (nSPS) is 16.0. The lowest BCUT2D eigenvalue weighted by atomic mass is 9.87. The van der Waals surface area contributed by atoms with Crippen LogP contribution in [0.1, 0.15) is 66.4 Å². The van der Waals surface area contributed by atoms with Gasteiger partial charge in [-0.05, 0) is 56.7 Å². The van der Waals surface area contributed by atoms with Crippen molar-refractivity contribution in [3.05, 3.63) is 29.8 Å². The van der Waals surface area contributed by atoms with Crippen molar-refractivity contribution < 1.29 is 22.7 Å². The van der Waals surface area contributed by atoms with Gasteiger partial charge in [0.05, 0.1) is 4.90 Å². The van der Waals surface area contributed by atoms with E-state index in [1.807, 2.05) is 32.9 Å². The molecular weight excluding hydrogens is 430 g/mol. The van der Waals surface area contributed by atoms with Crippen molar-refractivity contribution in [1.82, 2.24) is 14.9 Å². The third-order valence-electron chi connectivity index (χ3n) is 5.19. The number of ether oxygens (including phenoxy) is 1. The molecule has 32 heavy (non-hydrogen) atoms. The molecule has 0 aromatic heterocycles. The first-order valence-corrected chi connectivity index (χ1v) is 12.5. The highest BCUT2D eigenvalue weighted by Crippen LogP contribution is 2.23. The number of benzene rings is 1. The van der Waals surface area contributed by atoms with Crippen LogP contribution in [-0.4, -0.2) is 56.6 Å². The predicted octanol–water partition coefficient (Wildman–Crippen LogP) is 3.17. The summed E-state index contributed by atoms with van der Waals surface area (Å²) >= 11 is 0. The first kappa shape index (κ1) is 26.1. The lowest BCUT2D eigenvalue weighted by molar-refractivity contribution is -0.121. The molecule has 0 bridgehead atoms. The summed E-state index contributed by atoms with van der Waals surface area (Å²) in [6, 6.07) is 6.75. The van der Waals surface area contributed by atoms with Crippen molar-refractivity contribution in [2.24, 2.45) is 0 Å². The zero-order valence-electron chi connectivity index (χ0n) is 20.0. The van der Waals surface area contributed by atoms with E-state index in [0.717, 1.165) is 5.56 Å². The maximum absolute atomic E-state index is 12.5. The SMILES string of the molecule is CC(C)(C)OC(=O)N1CCC(NC(=O)CCNS(=O)(=O)c2ccc(C(C)(C)C)cc2)CC1. The Morgan fingerprint density at radius 1 is 1.03 bits per heavy atom. The van der Waals surface area contributed by atoms with Gasteiger partial charge in [-0.15, -0.1) is 0 Å². The zero-order chi connectivity index (χ0) is 24.2. The van der Waals surface area contributed by atoms with Crippen molar-refractivity contribution >= 4 is 22.0 Å². The number of amides is 2. The van der Waals surface area contributed by atoms with Crippen LogP contribution >= 0.6 is 0 Å². The molecule has 0 radical (unpaired) electrons. The molecule has 0 saturated carbocycles. The van der Waals surface area contributed by atoms with Crippen LogP contribution in [0.25, 0.3) is 0 Å². The van der Waals surface area contributed by atoms with Crippen LogP contribution in [0.2, 0.25) is 0 Å². The van der Waals surface area contributed by atoms with Gasteiger partial charge in [0.25, 0.3) is 0 Å². The molecule has 1 aromatic rings. The van der Waals surface area contributed by atoms with Crippen molar-refractivity contribution in [2.45, 2.75) is 82.8 Å². The van der Waals surface area contributed by atoms with Crippen LogP contribution in [-0.2, 0) is 25.0 Å². The summed E-state index contributed by atoms with van der Waals surface area (Å²) in [5.41, 5.74) is 0.453. The van der Waals surface area contributed by atoms with E-state index in [9.17, 15) is 18.0 Å². The average Bonchev–Trinajstić information content (AvgIpc) is 2.66. The van der Waals surface area contributed by atoms with Gasteiger partial charge in [-0.3, -0.25) is 4.79 Å². The quantitative estimate of drug-likeness (QED) is 0.669. The second kappa shape index (κ2) is 10.2. The number of rotatable bonds is 6. The monoisotopic (exact) mass is 467 g/mol. The largest absolute Gasteiger partial charge is 0.444 e. The molecule has 2 rings (SSSR count). The van der Waals surface area contributed by atoms with E-state index in [0.29, 0.717) is 25.9 Å². The highest BCUT2D eigenvalue weighted by atomic mass is 32.2. The molecule has 1 fully saturated rings.